The molecule has 24 heavy (non-hydrogen) atoms. The summed E-state index contributed by atoms with van der Waals surface area (Å²) in [6, 6.07) is 8.66. The Kier molecular flexibility index (Phi) is 6.24. The van der Waals surface area contributed by atoms with Crippen LogP contribution < -0.4 is 5.32 Å². The molecule has 0 saturated heterocycles. The van der Waals surface area contributed by atoms with Gasteiger partial charge in [0.1, 0.15) is 0 Å². The van der Waals surface area contributed by atoms with Gasteiger partial charge in [-0.25, -0.2) is 4.98 Å². The van der Waals surface area contributed by atoms with Crippen LogP contribution in [0.4, 0.5) is 0 Å². The van der Waals surface area contributed by atoms with Crippen molar-refractivity contribution >= 4 is 27.5 Å². The van der Waals surface area contributed by atoms with Crippen molar-refractivity contribution in [1.82, 2.24) is 10.3 Å². The molecule has 0 spiro atoms. The van der Waals surface area contributed by atoms with Crippen LogP contribution in [0.2, 0.25) is 0 Å². The van der Waals surface area contributed by atoms with Crippen LogP contribution in [0.1, 0.15) is 63.3 Å². The maximum Gasteiger partial charge on any atom is 0.220 e. The van der Waals surface area contributed by atoms with Crippen LogP contribution in [0.15, 0.2) is 24.3 Å². The number of rotatable bonds is 8. The van der Waals surface area contributed by atoms with E-state index in [0.717, 1.165) is 29.8 Å². The maximum atomic E-state index is 12.3. The van der Waals surface area contributed by atoms with E-state index in [1.165, 1.54) is 36.8 Å². The number of hydrogen-bond acceptors (Lipinski definition) is 3. The summed E-state index contributed by atoms with van der Waals surface area (Å²) < 4.78 is 1.24. The first-order valence-corrected chi connectivity index (χ1v) is 10.2. The Morgan fingerprint density at radius 2 is 2.17 bits per heavy atom. The Bertz CT molecular complexity index is 633. The second-order valence-electron chi connectivity index (χ2n) is 6.94. The molecule has 1 fully saturated rings. The molecule has 2 atom stereocenters. The predicted octanol–water partition coefficient (Wildman–Crippen LogP) is 5.09. The van der Waals surface area contributed by atoms with Gasteiger partial charge in [-0.05, 0) is 50.2 Å². The van der Waals surface area contributed by atoms with Gasteiger partial charge < -0.3 is 5.32 Å². The molecule has 4 heteroatoms. The van der Waals surface area contributed by atoms with Crippen LogP contribution in [0, 0.1) is 5.92 Å². The zero-order chi connectivity index (χ0) is 16.8. The highest BCUT2D eigenvalue weighted by Gasteiger charge is 2.27. The van der Waals surface area contributed by atoms with Gasteiger partial charge in [0, 0.05) is 12.5 Å². The molecule has 1 aromatic heterocycles. The van der Waals surface area contributed by atoms with Gasteiger partial charge in [-0.2, -0.15) is 0 Å². The lowest BCUT2D eigenvalue weighted by Gasteiger charge is -2.20. The van der Waals surface area contributed by atoms with Gasteiger partial charge in [0.2, 0.25) is 5.91 Å². The van der Waals surface area contributed by atoms with E-state index in [-0.39, 0.29) is 5.91 Å². The lowest BCUT2D eigenvalue weighted by Crippen LogP contribution is -2.37. The Morgan fingerprint density at radius 1 is 1.29 bits per heavy atom. The van der Waals surface area contributed by atoms with E-state index in [0.29, 0.717) is 18.4 Å². The maximum absolute atomic E-state index is 12.3. The highest BCUT2D eigenvalue weighted by molar-refractivity contribution is 7.18. The van der Waals surface area contributed by atoms with E-state index >= 15 is 0 Å². The fourth-order valence-corrected chi connectivity index (χ4v) is 4.75. The minimum absolute atomic E-state index is 0.226. The molecular formula is C20H28N2OS. The Labute approximate surface area is 148 Å². The van der Waals surface area contributed by atoms with Crippen molar-refractivity contribution in [2.24, 2.45) is 5.92 Å². The van der Waals surface area contributed by atoms with E-state index < -0.39 is 0 Å². The van der Waals surface area contributed by atoms with Crippen molar-refractivity contribution in [2.75, 3.05) is 0 Å². The van der Waals surface area contributed by atoms with Crippen LogP contribution in [0.25, 0.3) is 10.2 Å². The first kappa shape index (κ1) is 17.4. The van der Waals surface area contributed by atoms with Gasteiger partial charge in [-0.3, -0.25) is 4.79 Å². The molecule has 130 valence electrons. The van der Waals surface area contributed by atoms with Gasteiger partial charge in [-0.1, -0.05) is 38.3 Å². The lowest BCUT2D eigenvalue weighted by molar-refractivity contribution is -0.122. The number of aryl methyl sites for hydroxylation is 1. The van der Waals surface area contributed by atoms with E-state index in [1.54, 1.807) is 11.3 Å². The quantitative estimate of drug-likeness (QED) is 0.724. The highest BCUT2D eigenvalue weighted by Crippen LogP contribution is 2.30. The molecule has 1 heterocycles. The number of para-hydroxylation sites is 1. The van der Waals surface area contributed by atoms with Crippen LogP contribution >= 0.6 is 11.3 Å². The molecule has 0 radical (unpaired) electrons. The summed E-state index contributed by atoms with van der Waals surface area (Å²) in [6.45, 7) is 2.24. The second kappa shape index (κ2) is 8.61. The zero-order valence-corrected chi connectivity index (χ0v) is 15.4. The average Bonchev–Trinajstić information content (AvgIpc) is 3.19. The van der Waals surface area contributed by atoms with Crippen molar-refractivity contribution in [3.63, 3.8) is 0 Å². The number of nitrogens with zero attached hydrogens (tertiary/aromatic N) is 1. The SMILES string of the molecule is CCCCC1CCCC1NC(=O)CCCc1nc2ccccc2s1. The molecule has 1 aliphatic rings. The summed E-state index contributed by atoms with van der Waals surface area (Å²) in [5.41, 5.74) is 1.08. The van der Waals surface area contributed by atoms with Crippen molar-refractivity contribution < 1.29 is 4.79 Å². The van der Waals surface area contributed by atoms with Gasteiger partial charge in [-0.15, -0.1) is 11.3 Å². The third-order valence-electron chi connectivity index (χ3n) is 5.07. The molecule has 0 aliphatic heterocycles. The van der Waals surface area contributed by atoms with Gasteiger partial charge in [0.05, 0.1) is 15.2 Å². The van der Waals surface area contributed by atoms with E-state index in [9.17, 15) is 4.79 Å². The normalized spacial score (nSPS) is 20.5. The molecule has 1 amide bonds. The number of thiazole rings is 1. The molecular weight excluding hydrogens is 316 g/mol. The van der Waals surface area contributed by atoms with Crippen LogP contribution in [-0.4, -0.2) is 16.9 Å². The summed E-state index contributed by atoms with van der Waals surface area (Å²) in [5, 5.41) is 4.44. The first-order chi connectivity index (χ1) is 11.8. The predicted molar refractivity (Wildman–Crippen MR) is 101 cm³/mol. The molecule has 1 saturated carbocycles. The van der Waals surface area contributed by atoms with Crippen molar-refractivity contribution in [1.29, 1.82) is 0 Å². The lowest BCUT2D eigenvalue weighted by atomic mass is 9.96. The summed E-state index contributed by atoms with van der Waals surface area (Å²) in [6.07, 6.45) is 9.93. The Balaban J connectivity index is 1.42. The van der Waals surface area contributed by atoms with Gasteiger partial charge >= 0.3 is 0 Å². The molecule has 1 N–H and O–H groups in total. The zero-order valence-electron chi connectivity index (χ0n) is 14.6. The monoisotopic (exact) mass is 344 g/mol. The summed E-state index contributed by atoms with van der Waals surface area (Å²) in [4.78, 5) is 16.9. The fourth-order valence-electron chi connectivity index (χ4n) is 3.74. The van der Waals surface area contributed by atoms with E-state index in [2.05, 4.69) is 29.4 Å². The van der Waals surface area contributed by atoms with Crippen molar-refractivity contribution in [2.45, 2.75) is 70.8 Å². The first-order valence-electron chi connectivity index (χ1n) is 9.40. The molecule has 2 unspecified atom stereocenters. The molecule has 2 aromatic rings. The number of fused-ring (bicyclic) bond motifs is 1. The summed E-state index contributed by atoms with van der Waals surface area (Å²) in [7, 11) is 0. The van der Waals surface area contributed by atoms with Crippen molar-refractivity contribution in [3.05, 3.63) is 29.3 Å². The number of unbranched alkanes of at least 4 members (excludes halogenated alkanes) is 1. The van der Waals surface area contributed by atoms with Crippen LogP contribution in [-0.2, 0) is 11.2 Å². The number of nitrogens with one attached hydrogen (secondary N) is 1. The second-order valence-corrected chi connectivity index (χ2v) is 8.05. The largest absolute Gasteiger partial charge is 0.353 e. The third-order valence-corrected chi connectivity index (χ3v) is 6.16. The van der Waals surface area contributed by atoms with E-state index in [4.69, 9.17) is 0 Å². The van der Waals surface area contributed by atoms with Crippen LogP contribution in [0.3, 0.4) is 0 Å². The number of amides is 1. The number of aromatic nitrogens is 1. The van der Waals surface area contributed by atoms with Gasteiger partial charge in [0.25, 0.3) is 0 Å². The molecule has 3 nitrogen and oxygen atoms in total. The molecule has 1 aliphatic carbocycles. The van der Waals surface area contributed by atoms with Crippen LogP contribution in [0.5, 0.6) is 0 Å². The Hall–Kier alpha value is -1.42. The fraction of sp³-hybridized carbons (Fsp3) is 0.600. The number of hydrogen-bond donors (Lipinski definition) is 1. The van der Waals surface area contributed by atoms with E-state index in [1.807, 2.05) is 12.1 Å². The summed E-state index contributed by atoms with van der Waals surface area (Å²) >= 11 is 1.75. The number of carbonyl (C=O) groups excluding carboxylic acids is 1. The van der Waals surface area contributed by atoms with Gasteiger partial charge in [0.15, 0.2) is 0 Å². The molecule has 0 bridgehead atoms. The Morgan fingerprint density at radius 3 is 3.00 bits per heavy atom. The smallest absolute Gasteiger partial charge is 0.220 e. The number of benzene rings is 1. The number of carbonyl (C=O) groups is 1. The standard InChI is InChI=1S/C20H28N2OS/c1-2-3-8-15-9-6-11-16(15)21-19(23)13-7-14-20-22-17-10-4-5-12-18(17)24-20/h4-5,10,12,15-16H,2-3,6-9,11,13-14H2,1H3,(H,21,23). The third kappa shape index (κ3) is 4.56. The molecule has 3 rings (SSSR count). The topological polar surface area (TPSA) is 42.0 Å². The average molecular weight is 345 g/mol. The minimum Gasteiger partial charge on any atom is -0.353 e. The molecule has 1 aromatic carbocycles. The summed E-state index contributed by atoms with van der Waals surface area (Å²) in [5.74, 6) is 0.933. The van der Waals surface area contributed by atoms with Crippen molar-refractivity contribution in [3.8, 4) is 0 Å². The minimum atomic E-state index is 0.226. The highest BCUT2D eigenvalue weighted by atomic mass is 32.1.